The molecule has 1 unspecified atom stereocenters. The second-order valence-electron chi connectivity index (χ2n) is 7.18. The summed E-state index contributed by atoms with van der Waals surface area (Å²) in [7, 11) is 0. The molecule has 0 aromatic heterocycles. The van der Waals surface area contributed by atoms with Gasteiger partial charge in [-0.25, -0.2) is 4.39 Å². The van der Waals surface area contributed by atoms with Gasteiger partial charge in [0.2, 0.25) is 0 Å². The van der Waals surface area contributed by atoms with Gasteiger partial charge in [-0.05, 0) is 50.1 Å². The quantitative estimate of drug-likeness (QED) is 0.331. The van der Waals surface area contributed by atoms with Crippen LogP contribution >= 0.6 is 0 Å². The molecular weight excluding hydrogens is 373 g/mol. The molecule has 1 fully saturated rings. The third-order valence-electron chi connectivity index (χ3n) is 4.77. The molecule has 6 heteroatoms. The van der Waals surface area contributed by atoms with Gasteiger partial charge >= 0.3 is 0 Å². The smallest absolute Gasteiger partial charge is 0.295 e. The summed E-state index contributed by atoms with van der Waals surface area (Å²) in [5.74, 6) is -2.16. The van der Waals surface area contributed by atoms with E-state index in [9.17, 15) is 19.1 Å². The van der Waals surface area contributed by atoms with Crippen molar-refractivity contribution in [1.82, 2.24) is 4.90 Å². The van der Waals surface area contributed by atoms with Gasteiger partial charge in [0, 0.05) is 18.7 Å². The van der Waals surface area contributed by atoms with Crippen molar-refractivity contribution in [3.05, 3.63) is 77.1 Å². The van der Waals surface area contributed by atoms with Crippen molar-refractivity contribution in [1.29, 1.82) is 0 Å². The number of nitrogens with zero attached hydrogens (tertiary/aromatic N) is 1. The van der Waals surface area contributed by atoms with E-state index < -0.39 is 23.5 Å². The molecule has 152 valence electrons. The summed E-state index contributed by atoms with van der Waals surface area (Å²) in [5, 5.41) is 10.8. The van der Waals surface area contributed by atoms with Crippen LogP contribution in [0.3, 0.4) is 0 Å². The summed E-state index contributed by atoms with van der Waals surface area (Å²) < 4.78 is 18.8. The summed E-state index contributed by atoms with van der Waals surface area (Å²) >= 11 is 0. The monoisotopic (exact) mass is 397 g/mol. The van der Waals surface area contributed by atoms with E-state index >= 15 is 0 Å². The molecular formula is C23H24FNO4. The predicted octanol–water partition coefficient (Wildman–Crippen LogP) is 4.06. The molecule has 29 heavy (non-hydrogen) atoms. The molecule has 3 rings (SSSR count). The van der Waals surface area contributed by atoms with Crippen LogP contribution in [0, 0.1) is 5.82 Å². The van der Waals surface area contributed by atoms with Crippen LogP contribution in [-0.4, -0.2) is 41.0 Å². The number of Topliss-reactive ketones (excluding diaryl/α,β-unsaturated/α-hetero) is 1. The Balaban J connectivity index is 1.99. The number of benzene rings is 2. The van der Waals surface area contributed by atoms with Crippen LogP contribution in [-0.2, 0) is 14.3 Å². The molecule has 0 spiro atoms. The average molecular weight is 397 g/mol. The number of ketones is 1. The van der Waals surface area contributed by atoms with Gasteiger partial charge in [0.05, 0.1) is 17.7 Å². The highest BCUT2D eigenvalue weighted by Gasteiger charge is 2.45. The first-order valence-corrected chi connectivity index (χ1v) is 9.61. The number of carbonyl (C=O) groups is 2. The summed E-state index contributed by atoms with van der Waals surface area (Å²) in [6, 6.07) is 13.6. The van der Waals surface area contributed by atoms with E-state index in [0.717, 1.165) is 5.56 Å². The Bertz CT molecular complexity index is 906. The fourth-order valence-electron chi connectivity index (χ4n) is 3.41. The second-order valence-corrected chi connectivity index (χ2v) is 7.18. The van der Waals surface area contributed by atoms with E-state index in [1.807, 2.05) is 44.2 Å². The molecule has 2 aromatic carbocycles. The van der Waals surface area contributed by atoms with Crippen molar-refractivity contribution in [2.24, 2.45) is 0 Å². The SMILES string of the molecule is CC(C)OCCCN1C(=O)C(=O)C(=C(O)c2ccc(F)cc2)C1c1ccccc1. The van der Waals surface area contributed by atoms with Crippen molar-refractivity contribution in [2.75, 3.05) is 13.2 Å². The Kier molecular flexibility index (Phi) is 6.44. The third-order valence-corrected chi connectivity index (χ3v) is 4.77. The molecule has 1 atom stereocenters. The Hall–Kier alpha value is -2.99. The third kappa shape index (κ3) is 4.54. The molecule has 5 nitrogen and oxygen atoms in total. The number of amides is 1. The lowest BCUT2D eigenvalue weighted by atomic mass is 9.95. The molecule has 1 saturated heterocycles. The van der Waals surface area contributed by atoms with Gasteiger partial charge in [-0.15, -0.1) is 0 Å². The number of aliphatic hydroxyl groups excluding tert-OH is 1. The van der Waals surface area contributed by atoms with E-state index in [1.54, 1.807) is 0 Å². The van der Waals surface area contributed by atoms with E-state index in [2.05, 4.69) is 0 Å². The highest BCUT2D eigenvalue weighted by molar-refractivity contribution is 6.46. The minimum atomic E-state index is -0.745. The maximum Gasteiger partial charge on any atom is 0.295 e. The van der Waals surface area contributed by atoms with Gasteiger partial charge < -0.3 is 14.7 Å². The zero-order valence-corrected chi connectivity index (χ0v) is 16.5. The Morgan fingerprint density at radius 3 is 2.38 bits per heavy atom. The van der Waals surface area contributed by atoms with Crippen LogP contribution in [0.4, 0.5) is 4.39 Å². The topological polar surface area (TPSA) is 66.8 Å². The highest BCUT2D eigenvalue weighted by atomic mass is 19.1. The Morgan fingerprint density at radius 1 is 1.10 bits per heavy atom. The standard InChI is InChI=1S/C23H24FNO4/c1-15(2)29-14-6-13-25-20(16-7-4-3-5-8-16)19(22(27)23(25)28)21(26)17-9-11-18(24)12-10-17/h3-5,7-12,15,20,26H,6,13-14H2,1-2H3. The normalized spacial score (nSPS) is 18.6. The number of ether oxygens (including phenoxy) is 1. The van der Waals surface area contributed by atoms with Gasteiger partial charge in [0.15, 0.2) is 0 Å². The molecule has 1 aliphatic heterocycles. The number of likely N-dealkylation sites (tertiary alicyclic amines) is 1. The van der Waals surface area contributed by atoms with Crippen molar-refractivity contribution in [2.45, 2.75) is 32.4 Å². The molecule has 1 N–H and O–H groups in total. The van der Waals surface area contributed by atoms with E-state index in [-0.39, 0.29) is 23.0 Å². The van der Waals surface area contributed by atoms with Crippen molar-refractivity contribution in [3.8, 4) is 0 Å². The molecule has 2 aromatic rings. The van der Waals surface area contributed by atoms with Crippen LogP contribution in [0.25, 0.3) is 5.76 Å². The molecule has 0 aliphatic carbocycles. The molecule has 1 amide bonds. The van der Waals surface area contributed by atoms with Gasteiger partial charge in [-0.1, -0.05) is 30.3 Å². The Labute approximate surface area is 169 Å². The van der Waals surface area contributed by atoms with Crippen molar-refractivity contribution >= 4 is 17.4 Å². The first-order chi connectivity index (χ1) is 13.9. The fourth-order valence-corrected chi connectivity index (χ4v) is 3.41. The molecule has 1 aliphatic rings. The lowest BCUT2D eigenvalue weighted by Crippen LogP contribution is -2.31. The van der Waals surface area contributed by atoms with Crippen LogP contribution in [0.1, 0.15) is 37.4 Å². The molecule has 1 heterocycles. The van der Waals surface area contributed by atoms with Crippen LogP contribution in [0.5, 0.6) is 0 Å². The van der Waals surface area contributed by atoms with Gasteiger partial charge in [0.1, 0.15) is 11.6 Å². The number of aliphatic hydroxyl groups is 1. The Morgan fingerprint density at radius 2 is 1.76 bits per heavy atom. The fraction of sp³-hybridized carbons (Fsp3) is 0.304. The predicted molar refractivity (Wildman–Crippen MR) is 108 cm³/mol. The van der Waals surface area contributed by atoms with E-state index in [0.29, 0.717) is 19.6 Å². The maximum absolute atomic E-state index is 13.3. The van der Waals surface area contributed by atoms with Crippen molar-refractivity contribution < 1.29 is 23.8 Å². The second kappa shape index (κ2) is 9.01. The zero-order valence-electron chi connectivity index (χ0n) is 16.5. The molecule has 0 saturated carbocycles. The van der Waals surface area contributed by atoms with Crippen molar-refractivity contribution in [3.63, 3.8) is 0 Å². The largest absolute Gasteiger partial charge is 0.507 e. The maximum atomic E-state index is 13.3. The minimum Gasteiger partial charge on any atom is -0.507 e. The number of hydrogen-bond acceptors (Lipinski definition) is 4. The minimum absolute atomic E-state index is 0.0117. The number of halogens is 1. The van der Waals surface area contributed by atoms with Gasteiger partial charge in [-0.3, -0.25) is 9.59 Å². The first kappa shape index (κ1) is 20.7. The number of hydrogen-bond donors (Lipinski definition) is 1. The average Bonchev–Trinajstić information content (AvgIpc) is 2.96. The first-order valence-electron chi connectivity index (χ1n) is 9.61. The molecule has 0 bridgehead atoms. The van der Waals surface area contributed by atoms with Gasteiger partial charge in [0.25, 0.3) is 11.7 Å². The lowest BCUT2D eigenvalue weighted by molar-refractivity contribution is -0.140. The van der Waals surface area contributed by atoms with E-state index in [4.69, 9.17) is 4.74 Å². The molecule has 0 radical (unpaired) electrons. The van der Waals surface area contributed by atoms with E-state index in [1.165, 1.54) is 29.2 Å². The lowest BCUT2D eigenvalue weighted by Gasteiger charge is -2.25. The zero-order chi connectivity index (χ0) is 21.0. The summed E-state index contributed by atoms with van der Waals surface area (Å²) in [5.41, 5.74) is 1.02. The van der Waals surface area contributed by atoms with Crippen LogP contribution in [0.2, 0.25) is 0 Å². The summed E-state index contributed by atoms with van der Waals surface area (Å²) in [6.07, 6.45) is 0.638. The number of carbonyl (C=O) groups excluding carboxylic acids is 2. The van der Waals surface area contributed by atoms with Gasteiger partial charge in [-0.2, -0.15) is 0 Å². The highest BCUT2D eigenvalue weighted by Crippen LogP contribution is 2.39. The number of rotatable bonds is 7. The van der Waals surface area contributed by atoms with Crippen LogP contribution in [0.15, 0.2) is 60.2 Å². The van der Waals surface area contributed by atoms with Crippen LogP contribution < -0.4 is 0 Å². The summed E-state index contributed by atoms with van der Waals surface area (Å²) in [6.45, 7) is 4.63. The summed E-state index contributed by atoms with van der Waals surface area (Å²) in [4.78, 5) is 27.0.